The van der Waals surface area contributed by atoms with Gasteiger partial charge in [0.1, 0.15) is 5.54 Å². The molecule has 0 spiro atoms. The zero-order valence-corrected chi connectivity index (χ0v) is 12.0. The van der Waals surface area contributed by atoms with Crippen LogP contribution in [0.5, 0.6) is 0 Å². The van der Waals surface area contributed by atoms with Crippen LogP contribution in [-0.2, 0) is 11.2 Å². The van der Waals surface area contributed by atoms with E-state index in [1.165, 1.54) is 6.07 Å². The molecule has 110 valence electrons. The normalized spacial score (nSPS) is 14.0. The molecule has 1 unspecified atom stereocenters. The monoisotopic (exact) mass is 280 g/mol. The van der Waals surface area contributed by atoms with E-state index >= 15 is 0 Å². The Balaban J connectivity index is 3.21. The molecule has 0 amide bonds. The van der Waals surface area contributed by atoms with Crippen molar-refractivity contribution in [2.75, 3.05) is 13.1 Å². The van der Waals surface area contributed by atoms with Crippen LogP contribution >= 0.6 is 0 Å². The molecule has 1 rings (SSSR count). The minimum atomic E-state index is -1.16. The summed E-state index contributed by atoms with van der Waals surface area (Å²) in [5, 5.41) is 20.6. The van der Waals surface area contributed by atoms with Crippen molar-refractivity contribution in [1.82, 2.24) is 4.90 Å². The second-order valence-electron chi connectivity index (χ2n) is 4.81. The van der Waals surface area contributed by atoms with Crippen LogP contribution in [0.25, 0.3) is 0 Å². The molecule has 0 radical (unpaired) electrons. The highest BCUT2D eigenvalue weighted by molar-refractivity contribution is 5.79. The number of hydrogen-bond donors (Lipinski definition) is 1. The number of hydrogen-bond acceptors (Lipinski definition) is 4. The predicted octanol–water partition coefficient (Wildman–Crippen LogP) is 2.32. The number of nitrogens with zero attached hydrogens (tertiary/aromatic N) is 2. The van der Waals surface area contributed by atoms with Crippen LogP contribution < -0.4 is 0 Å². The van der Waals surface area contributed by atoms with E-state index in [1.54, 1.807) is 30.0 Å². The van der Waals surface area contributed by atoms with Crippen molar-refractivity contribution in [3.8, 4) is 0 Å². The molecule has 0 heterocycles. The zero-order chi connectivity index (χ0) is 15.3. The average molecular weight is 280 g/mol. The number of nitro benzene ring substituents is 1. The molecular formula is C14H20N2O4. The number of nitro groups is 1. The van der Waals surface area contributed by atoms with Crippen LogP contribution in [0.15, 0.2) is 24.3 Å². The summed E-state index contributed by atoms with van der Waals surface area (Å²) in [5.74, 6) is -0.973. The summed E-state index contributed by atoms with van der Waals surface area (Å²) in [6.45, 7) is 6.51. The predicted molar refractivity (Wildman–Crippen MR) is 75.8 cm³/mol. The van der Waals surface area contributed by atoms with Crippen molar-refractivity contribution in [3.05, 3.63) is 39.9 Å². The fourth-order valence-corrected chi connectivity index (χ4v) is 2.45. The van der Waals surface area contributed by atoms with Gasteiger partial charge in [-0.3, -0.25) is 19.8 Å². The molecule has 1 aromatic carbocycles. The van der Waals surface area contributed by atoms with E-state index in [-0.39, 0.29) is 12.1 Å². The van der Waals surface area contributed by atoms with Gasteiger partial charge in [0.05, 0.1) is 4.92 Å². The Kier molecular flexibility index (Phi) is 5.21. The Morgan fingerprint density at radius 2 is 1.90 bits per heavy atom. The van der Waals surface area contributed by atoms with Crippen LogP contribution in [0.2, 0.25) is 0 Å². The van der Waals surface area contributed by atoms with E-state index in [4.69, 9.17) is 0 Å². The summed E-state index contributed by atoms with van der Waals surface area (Å²) < 4.78 is 0. The van der Waals surface area contributed by atoms with Crippen molar-refractivity contribution in [3.63, 3.8) is 0 Å². The Morgan fingerprint density at radius 1 is 1.35 bits per heavy atom. The molecule has 0 bridgehead atoms. The number of likely N-dealkylation sites (N-methyl/N-ethyl adjacent to an activating group) is 1. The summed E-state index contributed by atoms with van der Waals surface area (Å²) in [6.07, 6.45) is 0.0984. The quantitative estimate of drug-likeness (QED) is 0.612. The minimum Gasteiger partial charge on any atom is -0.480 e. The second-order valence-corrected chi connectivity index (χ2v) is 4.81. The smallest absolute Gasteiger partial charge is 0.324 e. The minimum absolute atomic E-state index is 0.0351. The molecule has 6 nitrogen and oxygen atoms in total. The number of carboxylic acids is 1. The first-order valence-corrected chi connectivity index (χ1v) is 6.57. The average Bonchev–Trinajstić information content (AvgIpc) is 2.40. The molecule has 1 aromatic rings. The highest BCUT2D eigenvalue weighted by atomic mass is 16.6. The van der Waals surface area contributed by atoms with Gasteiger partial charge in [-0.05, 0) is 20.0 Å². The van der Waals surface area contributed by atoms with E-state index in [1.807, 2.05) is 13.8 Å². The van der Waals surface area contributed by atoms with Gasteiger partial charge in [-0.2, -0.15) is 0 Å². The topological polar surface area (TPSA) is 83.7 Å². The van der Waals surface area contributed by atoms with Gasteiger partial charge in [0.15, 0.2) is 0 Å². The van der Waals surface area contributed by atoms with Crippen LogP contribution in [0.1, 0.15) is 26.3 Å². The highest BCUT2D eigenvalue weighted by Crippen LogP contribution is 2.27. The van der Waals surface area contributed by atoms with Gasteiger partial charge in [0.2, 0.25) is 0 Å². The zero-order valence-electron chi connectivity index (χ0n) is 12.0. The third kappa shape index (κ3) is 3.14. The van der Waals surface area contributed by atoms with E-state index in [9.17, 15) is 20.0 Å². The highest BCUT2D eigenvalue weighted by Gasteiger charge is 2.39. The first-order chi connectivity index (χ1) is 9.36. The number of carboxylic acid groups (broad SMARTS) is 1. The van der Waals surface area contributed by atoms with Crippen LogP contribution in [-0.4, -0.2) is 39.5 Å². The number of benzene rings is 1. The Labute approximate surface area is 118 Å². The summed E-state index contributed by atoms with van der Waals surface area (Å²) in [6, 6.07) is 6.28. The lowest BCUT2D eigenvalue weighted by Crippen LogP contribution is -2.54. The molecule has 0 aliphatic rings. The molecule has 0 aliphatic heterocycles. The third-order valence-corrected chi connectivity index (χ3v) is 3.65. The number of rotatable bonds is 7. The summed E-state index contributed by atoms with van der Waals surface area (Å²) in [7, 11) is 0. The largest absolute Gasteiger partial charge is 0.480 e. The van der Waals surface area contributed by atoms with E-state index < -0.39 is 16.4 Å². The third-order valence-electron chi connectivity index (χ3n) is 3.65. The van der Waals surface area contributed by atoms with E-state index in [0.717, 1.165) is 0 Å². The summed E-state index contributed by atoms with van der Waals surface area (Å²) in [5.41, 5.74) is -0.753. The maximum atomic E-state index is 11.7. The van der Waals surface area contributed by atoms with Crippen molar-refractivity contribution >= 4 is 11.7 Å². The van der Waals surface area contributed by atoms with Gasteiger partial charge in [0, 0.05) is 18.1 Å². The van der Waals surface area contributed by atoms with Crippen molar-refractivity contribution < 1.29 is 14.8 Å². The molecule has 0 saturated heterocycles. The van der Waals surface area contributed by atoms with Gasteiger partial charge >= 0.3 is 5.97 Å². The van der Waals surface area contributed by atoms with Crippen molar-refractivity contribution in [2.24, 2.45) is 0 Å². The maximum absolute atomic E-state index is 11.7. The van der Waals surface area contributed by atoms with Crippen LogP contribution in [0, 0.1) is 10.1 Å². The molecule has 20 heavy (non-hydrogen) atoms. The van der Waals surface area contributed by atoms with Crippen LogP contribution in [0.4, 0.5) is 5.69 Å². The molecule has 0 aromatic heterocycles. The first-order valence-electron chi connectivity index (χ1n) is 6.57. The fraction of sp³-hybridized carbons (Fsp3) is 0.500. The number of aliphatic carboxylic acids is 1. The lowest BCUT2D eigenvalue weighted by atomic mass is 9.90. The summed E-state index contributed by atoms with van der Waals surface area (Å²) >= 11 is 0. The van der Waals surface area contributed by atoms with Crippen LogP contribution in [0.3, 0.4) is 0 Å². The molecular weight excluding hydrogens is 260 g/mol. The van der Waals surface area contributed by atoms with E-state index in [2.05, 4.69) is 0 Å². The van der Waals surface area contributed by atoms with Gasteiger partial charge < -0.3 is 5.11 Å². The molecule has 0 fully saturated rings. The van der Waals surface area contributed by atoms with Crippen molar-refractivity contribution in [1.29, 1.82) is 0 Å². The molecule has 1 atom stereocenters. The Bertz CT molecular complexity index is 500. The lowest BCUT2D eigenvalue weighted by molar-refractivity contribution is -0.385. The van der Waals surface area contributed by atoms with Gasteiger partial charge in [0.25, 0.3) is 5.69 Å². The fourth-order valence-electron chi connectivity index (χ4n) is 2.45. The van der Waals surface area contributed by atoms with Gasteiger partial charge in [-0.1, -0.05) is 32.0 Å². The van der Waals surface area contributed by atoms with E-state index in [0.29, 0.717) is 18.7 Å². The maximum Gasteiger partial charge on any atom is 0.324 e. The first kappa shape index (κ1) is 16.1. The molecule has 1 N–H and O–H groups in total. The van der Waals surface area contributed by atoms with Gasteiger partial charge in [-0.25, -0.2) is 0 Å². The lowest BCUT2D eigenvalue weighted by Gasteiger charge is -2.36. The molecule has 0 saturated carbocycles. The van der Waals surface area contributed by atoms with Crippen molar-refractivity contribution in [2.45, 2.75) is 32.7 Å². The van der Waals surface area contributed by atoms with Gasteiger partial charge in [-0.15, -0.1) is 0 Å². The molecule has 6 heteroatoms. The SMILES string of the molecule is CCN(CC)C(C)(Cc1ccccc1[N+](=O)[O-])C(=O)O. The Hall–Kier alpha value is -1.95. The number of para-hydroxylation sites is 1. The molecule has 0 aliphatic carbocycles. The Morgan fingerprint density at radius 3 is 2.35 bits per heavy atom. The number of carbonyl (C=O) groups is 1. The second kappa shape index (κ2) is 6.47. The summed E-state index contributed by atoms with van der Waals surface area (Å²) in [4.78, 5) is 24.0. The standard InChI is InChI=1S/C14H20N2O4/c1-4-15(5-2)14(3,13(17)18)10-11-8-6-7-9-12(11)16(19)20/h6-9H,4-5,10H2,1-3H3,(H,17,18).